The van der Waals surface area contributed by atoms with Crippen molar-refractivity contribution in [1.29, 1.82) is 0 Å². The third-order valence-electron chi connectivity index (χ3n) is 1.46. The Kier molecular flexibility index (Phi) is 5.02. The van der Waals surface area contributed by atoms with Gasteiger partial charge in [0.05, 0.1) is 0 Å². The molecule has 0 aliphatic heterocycles. The lowest BCUT2D eigenvalue weighted by Crippen LogP contribution is -1.96. The number of hydrogen-bond acceptors (Lipinski definition) is 1. The summed E-state index contributed by atoms with van der Waals surface area (Å²) in [6, 6.07) is 0. The predicted octanol–water partition coefficient (Wildman–Crippen LogP) is 3.04. The van der Waals surface area contributed by atoms with E-state index < -0.39 is 0 Å². The first kappa shape index (κ1) is 10.9. The summed E-state index contributed by atoms with van der Waals surface area (Å²) in [4.78, 5) is 11.2. The molecule has 0 N–H and O–H groups in total. The third kappa shape index (κ3) is 3.91. The molecule has 1 nitrogen and oxygen atoms in total. The van der Waals surface area contributed by atoms with E-state index in [1.54, 1.807) is 6.08 Å². The van der Waals surface area contributed by atoms with Crippen LogP contribution in [0.15, 0.2) is 36.0 Å². The Morgan fingerprint density at radius 2 is 1.92 bits per heavy atom. The van der Waals surface area contributed by atoms with Crippen LogP contribution < -0.4 is 0 Å². The van der Waals surface area contributed by atoms with Gasteiger partial charge in [0.15, 0.2) is 5.78 Å². The van der Waals surface area contributed by atoms with E-state index in [4.69, 9.17) is 0 Å². The highest BCUT2D eigenvalue weighted by molar-refractivity contribution is 5.97. The van der Waals surface area contributed by atoms with Crippen molar-refractivity contribution < 1.29 is 4.79 Å². The number of carbonyl (C=O) groups is 1. The van der Waals surface area contributed by atoms with E-state index in [1.807, 2.05) is 32.9 Å². The van der Waals surface area contributed by atoms with Crippen LogP contribution in [0.4, 0.5) is 0 Å². The normalized spacial score (nSPS) is 10.8. The summed E-state index contributed by atoms with van der Waals surface area (Å²) in [6.07, 6.45) is 5.87. The maximum absolute atomic E-state index is 11.2. The first-order chi connectivity index (χ1) is 5.61. The van der Waals surface area contributed by atoms with Crippen LogP contribution in [0, 0.1) is 0 Å². The van der Waals surface area contributed by atoms with Crippen LogP contribution >= 0.6 is 0 Å². The number of allylic oxidation sites excluding steroid dienone is 5. The minimum absolute atomic E-state index is 0.141. The molecule has 0 fully saturated rings. The quantitative estimate of drug-likeness (QED) is 0.461. The van der Waals surface area contributed by atoms with Crippen LogP contribution in [0.3, 0.4) is 0 Å². The molecule has 0 radical (unpaired) electrons. The van der Waals surface area contributed by atoms with Crippen LogP contribution in [-0.4, -0.2) is 5.78 Å². The lowest BCUT2D eigenvalue weighted by Gasteiger charge is -1.95. The Labute approximate surface area is 74.5 Å². The van der Waals surface area contributed by atoms with Gasteiger partial charge < -0.3 is 0 Å². The standard InChI is InChI=1S/C11H16O/c1-5-10(11(12)6-2)8-7-9(3)4/h5,7-8H,1,6H2,2-4H3/b10-8+. The van der Waals surface area contributed by atoms with Crippen molar-refractivity contribution in [2.75, 3.05) is 0 Å². The Balaban J connectivity index is 4.55. The van der Waals surface area contributed by atoms with Gasteiger partial charge in [0, 0.05) is 12.0 Å². The van der Waals surface area contributed by atoms with Crippen molar-refractivity contribution in [2.24, 2.45) is 0 Å². The van der Waals surface area contributed by atoms with Crippen molar-refractivity contribution in [2.45, 2.75) is 27.2 Å². The molecule has 0 aromatic carbocycles. The van der Waals surface area contributed by atoms with E-state index >= 15 is 0 Å². The Morgan fingerprint density at radius 1 is 1.33 bits per heavy atom. The van der Waals surface area contributed by atoms with Gasteiger partial charge >= 0.3 is 0 Å². The predicted molar refractivity (Wildman–Crippen MR) is 53.0 cm³/mol. The van der Waals surface area contributed by atoms with E-state index in [9.17, 15) is 4.79 Å². The van der Waals surface area contributed by atoms with E-state index in [0.717, 1.165) is 0 Å². The first-order valence-corrected chi connectivity index (χ1v) is 4.12. The summed E-state index contributed by atoms with van der Waals surface area (Å²) in [7, 11) is 0. The fourth-order valence-electron chi connectivity index (χ4n) is 0.735. The monoisotopic (exact) mass is 164 g/mol. The van der Waals surface area contributed by atoms with Crippen molar-refractivity contribution in [3.8, 4) is 0 Å². The van der Waals surface area contributed by atoms with Gasteiger partial charge in [-0.15, -0.1) is 0 Å². The van der Waals surface area contributed by atoms with Crippen molar-refractivity contribution in [1.82, 2.24) is 0 Å². The molecule has 1 heteroatoms. The number of carbonyl (C=O) groups excluding carboxylic acids is 1. The highest BCUT2D eigenvalue weighted by atomic mass is 16.1. The van der Waals surface area contributed by atoms with Crippen LogP contribution in [0.5, 0.6) is 0 Å². The number of rotatable bonds is 4. The van der Waals surface area contributed by atoms with Gasteiger partial charge in [0.1, 0.15) is 0 Å². The SMILES string of the molecule is C=C/C(=C\C=C(C)C)C(=O)CC. The topological polar surface area (TPSA) is 17.1 Å². The molecule has 0 atom stereocenters. The maximum Gasteiger partial charge on any atom is 0.162 e. The molecule has 0 aromatic heterocycles. The van der Waals surface area contributed by atoms with Gasteiger partial charge in [-0.1, -0.05) is 37.3 Å². The molecule has 0 aliphatic carbocycles. The summed E-state index contributed by atoms with van der Waals surface area (Å²) in [6.45, 7) is 9.43. The van der Waals surface area contributed by atoms with Crippen LogP contribution in [0.25, 0.3) is 0 Å². The fourth-order valence-corrected chi connectivity index (χ4v) is 0.735. The molecule has 0 rings (SSSR count). The average Bonchev–Trinajstić information content (AvgIpc) is 2.04. The highest BCUT2D eigenvalue weighted by Gasteiger charge is 1.99. The van der Waals surface area contributed by atoms with Crippen LogP contribution in [0.2, 0.25) is 0 Å². The van der Waals surface area contributed by atoms with E-state index in [0.29, 0.717) is 12.0 Å². The smallest absolute Gasteiger partial charge is 0.162 e. The average molecular weight is 164 g/mol. The lowest BCUT2D eigenvalue weighted by atomic mass is 10.1. The first-order valence-electron chi connectivity index (χ1n) is 4.12. The van der Waals surface area contributed by atoms with Gasteiger partial charge in [0.25, 0.3) is 0 Å². The van der Waals surface area contributed by atoms with Crippen LogP contribution in [-0.2, 0) is 4.79 Å². The molecule has 0 heterocycles. The zero-order chi connectivity index (χ0) is 9.56. The van der Waals surface area contributed by atoms with E-state index in [-0.39, 0.29) is 5.78 Å². The Bertz CT molecular complexity index is 227. The lowest BCUT2D eigenvalue weighted by molar-refractivity contribution is -0.114. The molecule has 12 heavy (non-hydrogen) atoms. The second kappa shape index (κ2) is 5.53. The molecule has 0 saturated carbocycles. The summed E-state index contributed by atoms with van der Waals surface area (Å²) >= 11 is 0. The zero-order valence-corrected chi connectivity index (χ0v) is 8.05. The molecule has 0 spiro atoms. The number of ketones is 1. The zero-order valence-electron chi connectivity index (χ0n) is 8.05. The molecule has 0 saturated heterocycles. The van der Waals surface area contributed by atoms with Crippen molar-refractivity contribution in [3.63, 3.8) is 0 Å². The summed E-state index contributed by atoms with van der Waals surface area (Å²) < 4.78 is 0. The highest BCUT2D eigenvalue weighted by Crippen LogP contribution is 2.02. The maximum atomic E-state index is 11.2. The molecule has 0 bridgehead atoms. The van der Waals surface area contributed by atoms with Gasteiger partial charge in [0.2, 0.25) is 0 Å². The Hall–Kier alpha value is -1.11. The van der Waals surface area contributed by atoms with Crippen molar-refractivity contribution >= 4 is 5.78 Å². The largest absolute Gasteiger partial charge is 0.294 e. The number of hydrogen-bond donors (Lipinski definition) is 0. The van der Waals surface area contributed by atoms with Crippen molar-refractivity contribution in [3.05, 3.63) is 36.0 Å². The summed E-state index contributed by atoms with van der Waals surface area (Å²) in [5, 5.41) is 0. The van der Waals surface area contributed by atoms with Crippen LogP contribution in [0.1, 0.15) is 27.2 Å². The van der Waals surface area contributed by atoms with Gasteiger partial charge in [-0.3, -0.25) is 4.79 Å². The van der Waals surface area contributed by atoms with Gasteiger partial charge in [-0.25, -0.2) is 0 Å². The summed E-state index contributed by atoms with van der Waals surface area (Å²) in [5.41, 5.74) is 1.87. The van der Waals surface area contributed by atoms with E-state index in [1.165, 1.54) is 5.57 Å². The molecule has 0 unspecified atom stereocenters. The van der Waals surface area contributed by atoms with Gasteiger partial charge in [-0.2, -0.15) is 0 Å². The van der Waals surface area contributed by atoms with Gasteiger partial charge in [-0.05, 0) is 13.8 Å². The molecule has 0 amide bonds. The molecule has 0 aliphatic rings. The second-order valence-electron chi connectivity index (χ2n) is 2.85. The minimum atomic E-state index is 0.141. The second-order valence-corrected chi connectivity index (χ2v) is 2.85. The molecular formula is C11H16O. The summed E-state index contributed by atoms with van der Waals surface area (Å²) in [5.74, 6) is 0.141. The Morgan fingerprint density at radius 3 is 2.25 bits per heavy atom. The third-order valence-corrected chi connectivity index (χ3v) is 1.46. The fraction of sp³-hybridized carbons (Fsp3) is 0.364. The molecule has 0 aromatic rings. The van der Waals surface area contributed by atoms with E-state index in [2.05, 4.69) is 6.58 Å². The minimum Gasteiger partial charge on any atom is -0.294 e. The number of Topliss-reactive ketones (excluding diaryl/α,β-unsaturated/α-hetero) is 1. The molecular weight excluding hydrogens is 148 g/mol. The molecule has 66 valence electrons.